The Labute approximate surface area is 337 Å². The number of ether oxygens (including phenoxy) is 2. The quantitative estimate of drug-likeness (QED) is 0.0154. The Kier molecular flexibility index (Phi) is 31.4. The molecule has 0 bridgehead atoms. The third-order valence-electron chi connectivity index (χ3n) is 10.4. The highest BCUT2D eigenvalue weighted by Crippen LogP contribution is 2.47. The Morgan fingerprint density at radius 1 is 0.536 bits per heavy atom. The summed E-state index contributed by atoms with van der Waals surface area (Å²) >= 11 is 0. The van der Waals surface area contributed by atoms with Crippen molar-refractivity contribution in [1.29, 1.82) is 0 Å². The molecule has 330 valence electrons. The Morgan fingerprint density at radius 2 is 0.911 bits per heavy atom. The molecule has 1 aliphatic carbocycles. The third-order valence-corrected chi connectivity index (χ3v) is 11.3. The van der Waals surface area contributed by atoms with Crippen molar-refractivity contribution in [3.8, 4) is 0 Å². The first kappa shape index (κ1) is 52.6. The van der Waals surface area contributed by atoms with Crippen molar-refractivity contribution in [2.24, 2.45) is 0 Å². The largest absolute Gasteiger partial charge is 0.472 e. The van der Waals surface area contributed by atoms with Gasteiger partial charge in [0.25, 0.3) is 0 Å². The smallest absolute Gasteiger partial charge is 0.462 e. The number of hydrogen-bond donors (Lipinski definition) is 6. The first-order valence-electron chi connectivity index (χ1n) is 22.0. The maximum Gasteiger partial charge on any atom is 0.472 e. The number of carbonyl (C=O) groups is 2. The van der Waals surface area contributed by atoms with Crippen LogP contribution in [-0.2, 0) is 32.7 Å². The number of carbonyl (C=O) groups excluding carboxylic acids is 2. The van der Waals surface area contributed by atoms with Gasteiger partial charge >= 0.3 is 19.8 Å². The minimum atomic E-state index is -5.10. The fraction of sp³-hybridized carbons (Fsp3) is 0.905. The Balaban J connectivity index is 2.28. The molecule has 0 spiro atoms. The second-order valence-corrected chi connectivity index (χ2v) is 17.0. The maximum atomic E-state index is 12.7. The number of unbranched alkanes of at least 4 members (excludes halogenated alkanes) is 22. The predicted molar refractivity (Wildman–Crippen MR) is 217 cm³/mol. The zero-order valence-electron chi connectivity index (χ0n) is 34.7. The molecule has 0 aromatic heterocycles. The maximum absolute atomic E-state index is 12.7. The molecule has 1 rings (SSSR count). The van der Waals surface area contributed by atoms with E-state index in [2.05, 4.69) is 19.1 Å². The number of aliphatic hydroxyl groups is 5. The van der Waals surface area contributed by atoms with Crippen molar-refractivity contribution >= 4 is 19.8 Å². The summed E-state index contributed by atoms with van der Waals surface area (Å²) in [6.07, 6.45) is 20.9. The lowest BCUT2D eigenvalue weighted by Crippen LogP contribution is -2.64. The fourth-order valence-electron chi connectivity index (χ4n) is 6.75. The summed E-state index contributed by atoms with van der Waals surface area (Å²) in [7, 11) is -5.10. The molecule has 13 nitrogen and oxygen atoms in total. The third kappa shape index (κ3) is 25.8. The lowest BCUT2D eigenvalue weighted by Gasteiger charge is -2.41. The number of phosphoric ester groups is 1. The van der Waals surface area contributed by atoms with Crippen molar-refractivity contribution < 1.29 is 63.1 Å². The van der Waals surface area contributed by atoms with Crippen LogP contribution in [0.15, 0.2) is 12.2 Å². The van der Waals surface area contributed by atoms with E-state index in [4.69, 9.17) is 18.5 Å². The van der Waals surface area contributed by atoms with E-state index >= 15 is 0 Å². The molecule has 0 heterocycles. The minimum Gasteiger partial charge on any atom is -0.462 e. The predicted octanol–water partition coefficient (Wildman–Crippen LogP) is 7.89. The van der Waals surface area contributed by atoms with Gasteiger partial charge in [-0.2, -0.15) is 0 Å². The van der Waals surface area contributed by atoms with Crippen LogP contribution in [0.1, 0.15) is 187 Å². The van der Waals surface area contributed by atoms with Gasteiger partial charge in [-0.1, -0.05) is 148 Å². The van der Waals surface area contributed by atoms with Crippen LogP contribution in [0.25, 0.3) is 0 Å². The summed E-state index contributed by atoms with van der Waals surface area (Å²) in [6.45, 7) is 3.14. The van der Waals surface area contributed by atoms with Gasteiger partial charge in [-0.25, -0.2) is 4.57 Å². The highest BCUT2D eigenvalue weighted by Gasteiger charge is 2.51. The van der Waals surface area contributed by atoms with Crippen molar-refractivity contribution in [1.82, 2.24) is 0 Å². The van der Waals surface area contributed by atoms with E-state index in [1.54, 1.807) is 0 Å². The van der Waals surface area contributed by atoms with Gasteiger partial charge in [0.2, 0.25) is 0 Å². The van der Waals surface area contributed by atoms with Gasteiger partial charge in [-0.15, -0.1) is 0 Å². The minimum absolute atomic E-state index is 0.0989. The van der Waals surface area contributed by atoms with Gasteiger partial charge in [0.15, 0.2) is 6.10 Å². The van der Waals surface area contributed by atoms with E-state index < -0.39 is 75.7 Å². The van der Waals surface area contributed by atoms with Gasteiger partial charge in [0.1, 0.15) is 43.2 Å². The summed E-state index contributed by atoms with van der Waals surface area (Å²) in [5, 5.41) is 49.8. The summed E-state index contributed by atoms with van der Waals surface area (Å²) in [5.41, 5.74) is 0. The molecule has 1 saturated carbocycles. The Bertz CT molecular complexity index is 1040. The van der Waals surface area contributed by atoms with E-state index in [0.717, 1.165) is 44.9 Å². The second-order valence-electron chi connectivity index (χ2n) is 15.6. The molecular formula is C42H79O13P. The Hall–Kier alpha value is -1.41. The molecule has 0 radical (unpaired) electrons. The average molecular weight is 823 g/mol. The van der Waals surface area contributed by atoms with Gasteiger partial charge in [0, 0.05) is 12.8 Å². The van der Waals surface area contributed by atoms with Crippen LogP contribution in [0.2, 0.25) is 0 Å². The molecule has 1 aliphatic rings. The zero-order chi connectivity index (χ0) is 41.4. The monoisotopic (exact) mass is 823 g/mol. The van der Waals surface area contributed by atoms with Crippen LogP contribution in [0.3, 0.4) is 0 Å². The highest BCUT2D eigenvalue weighted by atomic mass is 31.2. The molecule has 0 aromatic carbocycles. The molecule has 1 fully saturated rings. The molecule has 6 N–H and O–H groups in total. The van der Waals surface area contributed by atoms with Crippen LogP contribution >= 0.6 is 7.82 Å². The van der Waals surface area contributed by atoms with E-state index in [9.17, 15) is 44.6 Å². The molecule has 0 aliphatic heterocycles. The van der Waals surface area contributed by atoms with Gasteiger partial charge in [-0.05, 0) is 38.5 Å². The number of aliphatic hydroxyl groups excluding tert-OH is 5. The lowest BCUT2D eigenvalue weighted by atomic mass is 9.85. The summed E-state index contributed by atoms with van der Waals surface area (Å²) < 4.78 is 33.2. The average Bonchev–Trinajstić information content (AvgIpc) is 3.18. The molecule has 56 heavy (non-hydrogen) atoms. The lowest BCUT2D eigenvalue weighted by molar-refractivity contribution is -0.220. The van der Waals surface area contributed by atoms with E-state index in [0.29, 0.717) is 12.8 Å². The molecule has 14 heteroatoms. The second kappa shape index (κ2) is 33.4. The van der Waals surface area contributed by atoms with Crippen LogP contribution in [-0.4, -0.2) is 98.3 Å². The number of rotatable bonds is 36. The number of esters is 2. The number of phosphoric acid groups is 1. The van der Waals surface area contributed by atoms with Crippen LogP contribution in [0.5, 0.6) is 0 Å². The van der Waals surface area contributed by atoms with E-state index in [-0.39, 0.29) is 12.8 Å². The van der Waals surface area contributed by atoms with Crippen molar-refractivity contribution in [3.05, 3.63) is 12.2 Å². The van der Waals surface area contributed by atoms with Gasteiger partial charge < -0.3 is 39.9 Å². The van der Waals surface area contributed by atoms with Crippen LogP contribution in [0.4, 0.5) is 0 Å². The topological polar surface area (TPSA) is 210 Å². The van der Waals surface area contributed by atoms with E-state index in [1.165, 1.54) is 103 Å². The first-order valence-corrected chi connectivity index (χ1v) is 23.5. The zero-order valence-corrected chi connectivity index (χ0v) is 35.6. The highest BCUT2D eigenvalue weighted by molar-refractivity contribution is 7.47. The SMILES string of the molecule is CCCCCCCCCC/C=C\CCCCCCCCCCCCCC(=O)OC(COC(=O)CCCCCC)COP(=O)(O)OC1C(O)C(O)C(O)C(O)C1O. The van der Waals surface area contributed by atoms with Crippen molar-refractivity contribution in [3.63, 3.8) is 0 Å². The van der Waals surface area contributed by atoms with Crippen molar-refractivity contribution in [2.75, 3.05) is 13.2 Å². The van der Waals surface area contributed by atoms with Crippen LogP contribution in [0, 0.1) is 0 Å². The molecule has 6 unspecified atom stereocenters. The van der Waals surface area contributed by atoms with E-state index in [1.807, 2.05) is 6.92 Å². The van der Waals surface area contributed by atoms with Crippen LogP contribution < -0.4 is 0 Å². The first-order chi connectivity index (χ1) is 26.9. The normalized spacial score (nSPS) is 22.9. The molecule has 0 amide bonds. The van der Waals surface area contributed by atoms with Gasteiger partial charge in [-0.3, -0.25) is 18.6 Å². The molecule has 0 aromatic rings. The molecule has 0 saturated heterocycles. The van der Waals surface area contributed by atoms with Crippen molar-refractivity contribution in [2.45, 2.75) is 230 Å². The number of hydrogen-bond acceptors (Lipinski definition) is 12. The standard InChI is InChI=1S/C42H79O13P/c1-3-5-7-9-10-11-12-13-14-15-16-17-18-19-20-21-22-23-24-25-26-27-29-31-36(44)54-34(32-52-35(43)30-28-8-6-4-2)33-53-56(50,51)55-42-40(48)38(46)37(45)39(47)41(42)49/h15-16,34,37-42,45-49H,3-14,17-33H2,1-2H3,(H,50,51)/b16-15-. The van der Waals surface area contributed by atoms with Gasteiger partial charge in [0.05, 0.1) is 6.61 Å². The summed E-state index contributed by atoms with van der Waals surface area (Å²) in [5.74, 6) is -1.11. The summed E-state index contributed by atoms with van der Waals surface area (Å²) in [6, 6.07) is 0. The number of allylic oxidation sites excluding steroid dienone is 2. The summed E-state index contributed by atoms with van der Waals surface area (Å²) in [4.78, 5) is 35.2. The Morgan fingerprint density at radius 3 is 1.38 bits per heavy atom. The molecular weight excluding hydrogens is 743 g/mol. The fourth-order valence-corrected chi connectivity index (χ4v) is 7.73. The molecule has 6 atom stereocenters.